The third kappa shape index (κ3) is 3.63. The van der Waals surface area contributed by atoms with Gasteiger partial charge in [0.25, 0.3) is 0 Å². The number of benzene rings is 1. The zero-order valence-electron chi connectivity index (χ0n) is 22.1. The van der Waals surface area contributed by atoms with Crippen LogP contribution in [-0.4, -0.2) is 25.0 Å². The molecule has 3 heteroatoms. The molecule has 4 aliphatic rings. The summed E-state index contributed by atoms with van der Waals surface area (Å²) in [7, 11) is 1.89. The van der Waals surface area contributed by atoms with Crippen LogP contribution in [0, 0.1) is 40.4 Å². The molecule has 0 radical (unpaired) electrons. The Morgan fingerprint density at radius 3 is 2.50 bits per heavy atom. The summed E-state index contributed by atoms with van der Waals surface area (Å²) in [6.07, 6.45) is 12.9. The van der Waals surface area contributed by atoms with Crippen LogP contribution in [0.5, 0.6) is 0 Å². The van der Waals surface area contributed by atoms with Gasteiger partial charge in [0.1, 0.15) is 0 Å². The molecular weight excluding hydrogens is 418 g/mol. The zero-order valence-corrected chi connectivity index (χ0v) is 22.1. The number of carbonyl (C=O) groups excluding carboxylic acids is 1. The molecule has 8 atom stereocenters. The smallest absolute Gasteiger partial charge is 0.166 e. The number of hydrogen-bond acceptors (Lipinski definition) is 3. The predicted molar refractivity (Wildman–Crippen MR) is 139 cm³/mol. The molecule has 0 saturated heterocycles. The summed E-state index contributed by atoms with van der Waals surface area (Å²) in [4.78, 5) is 13.9. The average Bonchev–Trinajstić information content (AvgIpc) is 2.83. The molecule has 0 aromatic heterocycles. The van der Waals surface area contributed by atoms with E-state index in [0.29, 0.717) is 17.6 Å². The molecule has 0 heterocycles. The van der Waals surface area contributed by atoms with Crippen molar-refractivity contribution in [3.05, 3.63) is 35.4 Å². The first-order valence-corrected chi connectivity index (χ1v) is 14.2. The summed E-state index contributed by atoms with van der Waals surface area (Å²) in [5.74, 6) is 3.00. The molecule has 0 bridgehead atoms. The van der Waals surface area contributed by atoms with Crippen molar-refractivity contribution < 1.29 is 9.53 Å². The van der Waals surface area contributed by atoms with Crippen molar-refractivity contribution >= 4 is 5.78 Å². The van der Waals surface area contributed by atoms with Crippen LogP contribution in [0.1, 0.15) is 101 Å². The summed E-state index contributed by atoms with van der Waals surface area (Å²) in [6.45, 7) is 7.90. The number of nitrogens with two attached hydrogens (primary N) is 1. The molecule has 5 rings (SSSR count). The third-order valence-electron chi connectivity index (χ3n) is 11.4. The Labute approximate surface area is 207 Å². The van der Waals surface area contributed by atoms with Gasteiger partial charge in [-0.1, -0.05) is 57.9 Å². The number of ether oxygens (including phenoxy) is 1. The van der Waals surface area contributed by atoms with Crippen LogP contribution in [0.25, 0.3) is 0 Å². The van der Waals surface area contributed by atoms with Gasteiger partial charge in [-0.25, -0.2) is 0 Å². The lowest BCUT2D eigenvalue weighted by Gasteiger charge is -2.68. The Morgan fingerprint density at radius 2 is 1.79 bits per heavy atom. The van der Waals surface area contributed by atoms with Crippen molar-refractivity contribution in [3.8, 4) is 0 Å². The maximum absolute atomic E-state index is 13.9. The first-order valence-electron chi connectivity index (χ1n) is 14.2. The van der Waals surface area contributed by atoms with Crippen LogP contribution < -0.4 is 5.73 Å². The molecule has 0 aliphatic heterocycles. The second-order valence-electron chi connectivity index (χ2n) is 12.9. The van der Waals surface area contributed by atoms with Gasteiger partial charge in [-0.05, 0) is 92.4 Å². The highest BCUT2D eigenvalue weighted by Crippen LogP contribution is 2.67. The van der Waals surface area contributed by atoms with E-state index in [2.05, 4.69) is 45.0 Å². The highest BCUT2D eigenvalue weighted by Gasteiger charge is 2.66. The van der Waals surface area contributed by atoms with Gasteiger partial charge in [0, 0.05) is 29.5 Å². The number of ketones is 1. The zero-order chi connectivity index (χ0) is 24.1. The molecule has 4 saturated carbocycles. The average molecular weight is 466 g/mol. The number of hydrogen-bond donors (Lipinski definition) is 1. The molecule has 34 heavy (non-hydrogen) atoms. The van der Waals surface area contributed by atoms with Crippen molar-refractivity contribution in [1.29, 1.82) is 0 Å². The number of aryl methyl sites for hydroxylation is 1. The van der Waals surface area contributed by atoms with E-state index in [-0.39, 0.29) is 22.3 Å². The van der Waals surface area contributed by atoms with Crippen LogP contribution >= 0.6 is 0 Å². The summed E-state index contributed by atoms with van der Waals surface area (Å²) in [5, 5.41) is 0. The molecule has 0 amide bonds. The number of carbonyl (C=O) groups is 1. The molecule has 3 nitrogen and oxygen atoms in total. The minimum Gasteiger partial charge on any atom is -0.384 e. The van der Waals surface area contributed by atoms with E-state index >= 15 is 0 Å². The lowest BCUT2D eigenvalue weighted by atomic mass is 9.38. The van der Waals surface area contributed by atoms with E-state index in [1.165, 1.54) is 37.7 Å². The fourth-order valence-corrected chi connectivity index (χ4v) is 9.74. The Morgan fingerprint density at radius 1 is 1.03 bits per heavy atom. The Balaban J connectivity index is 1.47. The second-order valence-corrected chi connectivity index (χ2v) is 12.9. The van der Waals surface area contributed by atoms with E-state index in [1.54, 1.807) is 0 Å². The molecule has 4 aliphatic carbocycles. The lowest BCUT2D eigenvalue weighted by molar-refractivity contribution is -0.176. The number of fused-ring (bicyclic) bond motifs is 5. The Bertz CT molecular complexity index is 895. The van der Waals surface area contributed by atoms with Gasteiger partial charge < -0.3 is 10.5 Å². The second kappa shape index (κ2) is 9.04. The van der Waals surface area contributed by atoms with Crippen LogP contribution in [-0.2, 0) is 11.2 Å². The lowest BCUT2D eigenvalue weighted by Crippen LogP contribution is -2.71. The van der Waals surface area contributed by atoms with Gasteiger partial charge >= 0.3 is 0 Å². The third-order valence-corrected chi connectivity index (χ3v) is 11.4. The van der Waals surface area contributed by atoms with Gasteiger partial charge in [0.2, 0.25) is 0 Å². The number of methoxy groups -OCH3 is 1. The largest absolute Gasteiger partial charge is 0.384 e. The summed E-state index contributed by atoms with van der Waals surface area (Å²) >= 11 is 0. The van der Waals surface area contributed by atoms with E-state index in [1.807, 2.05) is 7.11 Å². The first-order chi connectivity index (χ1) is 16.3. The van der Waals surface area contributed by atoms with E-state index in [9.17, 15) is 4.79 Å². The molecule has 3 unspecified atom stereocenters. The Kier molecular flexibility index (Phi) is 6.51. The van der Waals surface area contributed by atoms with Gasteiger partial charge in [0.15, 0.2) is 5.78 Å². The maximum atomic E-state index is 13.9. The van der Waals surface area contributed by atoms with E-state index in [4.69, 9.17) is 10.5 Å². The standard InChI is InChI=1S/C31H47NO2/c1-5-22-9-11-23(12-10-22)28(33)25-7-6-8-26-29(25,3)16-15-27-30(20-34-4)17-13-21(2)19-24(30)14-18-31(26,27)32/h9-12,21,24-27H,5-8,13-20,32H2,1-4H3/t21-,24?,25+,26?,27?,29+,30+,31+/m0/s1. The molecule has 1 aromatic carbocycles. The minimum absolute atomic E-state index is 0.00701. The molecule has 0 spiro atoms. The number of Topliss-reactive ketones (excluding diaryl/α,β-unsaturated/α-hetero) is 1. The molecule has 2 N–H and O–H groups in total. The topological polar surface area (TPSA) is 52.3 Å². The van der Waals surface area contributed by atoms with Gasteiger partial charge in [-0.15, -0.1) is 0 Å². The molecule has 4 fully saturated rings. The van der Waals surface area contributed by atoms with E-state index in [0.717, 1.165) is 62.5 Å². The number of rotatable bonds is 5. The summed E-state index contributed by atoms with van der Waals surface area (Å²) in [6, 6.07) is 8.41. The summed E-state index contributed by atoms with van der Waals surface area (Å²) < 4.78 is 5.96. The molecular formula is C31H47NO2. The fourth-order valence-electron chi connectivity index (χ4n) is 9.74. The van der Waals surface area contributed by atoms with Crippen molar-refractivity contribution in [2.24, 2.45) is 46.2 Å². The van der Waals surface area contributed by atoms with Crippen molar-refractivity contribution in [3.63, 3.8) is 0 Å². The van der Waals surface area contributed by atoms with Crippen LogP contribution in [0.2, 0.25) is 0 Å². The SMILES string of the molecule is CCc1ccc(C(=O)[C@H]2CCCC3[C@]4(N)CCC5C[C@@H](C)CC[C@]5(COC)C4CC[C@@]32C)cc1. The minimum atomic E-state index is -0.159. The van der Waals surface area contributed by atoms with Crippen molar-refractivity contribution in [2.75, 3.05) is 13.7 Å². The first kappa shape index (κ1) is 24.5. The fraction of sp³-hybridized carbons (Fsp3) is 0.774. The van der Waals surface area contributed by atoms with Crippen molar-refractivity contribution in [2.45, 2.75) is 96.9 Å². The highest BCUT2D eigenvalue weighted by atomic mass is 16.5. The normalized spacial score (nSPS) is 44.0. The van der Waals surface area contributed by atoms with E-state index < -0.39 is 0 Å². The maximum Gasteiger partial charge on any atom is 0.166 e. The molecule has 1 aromatic rings. The predicted octanol–water partition coefficient (Wildman–Crippen LogP) is 6.82. The molecule has 188 valence electrons. The van der Waals surface area contributed by atoms with Crippen LogP contribution in [0.3, 0.4) is 0 Å². The quantitative estimate of drug-likeness (QED) is 0.485. The van der Waals surface area contributed by atoms with Crippen LogP contribution in [0.4, 0.5) is 0 Å². The highest BCUT2D eigenvalue weighted by molar-refractivity contribution is 5.98. The monoisotopic (exact) mass is 465 g/mol. The van der Waals surface area contributed by atoms with Gasteiger partial charge in [0.05, 0.1) is 6.61 Å². The van der Waals surface area contributed by atoms with Gasteiger partial charge in [-0.2, -0.15) is 0 Å². The van der Waals surface area contributed by atoms with Gasteiger partial charge in [-0.3, -0.25) is 4.79 Å². The van der Waals surface area contributed by atoms with Crippen molar-refractivity contribution in [1.82, 2.24) is 0 Å². The summed E-state index contributed by atoms with van der Waals surface area (Å²) in [5.41, 5.74) is 9.92. The Hall–Kier alpha value is -1.19. The van der Waals surface area contributed by atoms with Crippen LogP contribution in [0.15, 0.2) is 24.3 Å².